The number of rotatable bonds is 2. The van der Waals surface area contributed by atoms with Crippen LogP contribution in [0.5, 0.6) is 0 Å². The van der Waals surface area contributed by atoms with E-state index in [4.69, 9.17) is 4.98 Å². The smallest absolute Gasteiger partial charge is 0.274 e. The predicted molar refractivity (Wildman–Crippen MR) is 99.7 cm³/mol. The van der Waals surface area contributed by atoms with Crippen molar-refractivity contribution < 1.29 is 4.79 Å². The van der Waals surface area contributed by atoms with E-state index >= 15 is 0 Å². The van der Waals surface area contributed by atoms with Gasteiger partial charge in [-0.15, -0.1) is 11.3 Å². The Labute approximate surface area is 155 Å². The van der Waals surface area contributed by atoms with Crippen LogP contribution >= 0.6 is 11.3 Å². The molecule has 0 unspecified atom stereocenters. The largest absolute Gasteiger partial charge is 0.356 e. The van der Waals surface area contributed by atoms with E-state index < -0.39 is 0 Å². The first-order valence-corrected chi connectivity index (χ1v) is 9.90. The first-order valence-electron chi connectivity index (χ1n) is 9.02. The van der Waals surface area contributed by atoms with Crippen LogP contribution in [0.2, 0.25) is 0 Å². The molecule has 0 aromatic carbocycles. The van der Waals surface area contributed by atoms with Gasteiger partial charge < -0.3 is 9.80 Å². The Morgan fingerprint density at radius 2 is 2.00 bits per heavy atom. The second-order valence-corrected chi connectivity index (χ2v) is 7.78. The summed E-state index contributed by atoms with van der Waals surface area (Å²) in [4.78, 5) is 31.8. The second kappa shape index (κ2) is 6.05. The van der Waals surface area contributed by atoms with Gasteiger partial charge in [-0.3, -0.25) is 9.20 Å². The van der Waals surface area contributed by atoms with Gasteiger partial charge >= 0.3 is 0 Å². The van der Waals surface area contributed by atoms with Crippen LogP contribution in [0.15, 0.2) is 17.8 Å². The van der Waals surface area contributed by atoms with E-state index in [-0.39, 0.29) is 5.91 Å². The third-order valence-electron chi connectivity index (χ3n) is 5.16. The number of fused-ring (bicyclic) bond motifs is 2. The number of hydrogen-bond donors (Lipinski definition) is 0. The molecule has 0 N–H and O–H groups in total. The van der Waals surface area contributed by atoms with Crippen molar-refractivity contribution in [1.82, 2.24) is 24.3 Å². The van der Waals surface area contributed by atoms with E-state index in [1.807, 2.05) is 34.0 Å². The lowest BCUT2D eigenvalue weighted by Crippen LogP contribution is -2.38. The van der Waals surface area contributed by atoms with Crippen molar-refractivity contribution >= 4 is 28.0 Å². The average Bonchev–Trinajstić information content (AvgIpc) is 3.36. The summed E-state index contributed by atoms with van der Waals surface area (Å²) >= 11 is 1.53. The summed E-state index contributed by atoms with van der Waals surface area (Å²) in [7, 11) is 0. The molecule has 0 aliphatic carbocycles. The van der Waals surface area contributed by atoms with E-state index in [1.54, 1.807) is 0 Å². The number of imidazole rings is 1. The Balaban J connectivity index is 1.44. The lowest BCUT2D eigenvalue weighted by Gasteiger charge is -2.30. The Morgan fingerprint density at radius 3 is 2.81 bits per heavy atom. The zero-order valence-electron chi connectivity index (χ0n) is 14.7. The highest BCUT2D eigenvalue weighted by Gasteiger charge is 2.29. The van der Waals surface area contributed by atoms with Gasteiger partial charge in [-0.05, 0) is 26.2 Å². The molecule has 8 heteroatoms. The van der Waals surface area contributed by atoms with Gasteiger partial charge in [-0.25, -0.2) is 15.0 Å². The first kappa shape index (κ1) is 15.7. The van der Waals surface area contributed by atoms with Crippen molar-refractivity contribution in [2.75, 3.05) is 24.5 Å². The van der Waals surface area contributed by atoms with Crippen LogP contribution in [0.3, 0.4) is 0 Å². The maximum Gasteiger partial charge on any atom is 0.274 e. The number of amides is 1. The van der Waals surface area contributed by atoms with Gasteiger partial charge in [0.25, 0.3) is 5.91 Å². The van der Waals surface area contributed by atoms with Crippen molar-refractivity contribution in [1.29, 1.82) is 0 Å². The topological polar surface area (TPSA) is 66.6 Å². The van der Waals surface area contributed by atoms with Crippen molar-refractivity contribution in [3.05, 3.63) is 40.5 Å². The molecule has 0 spiro atoms. The zero-order valence-corrected chi connectivity index (χ0v) is 15.5. The minimum absolute atomic E-state index is 0.0227. The molecule has 26 heavy (non-hydrogen) atoms. The quantitative estimate of drug-likeness (QED) is 0.694. The van der Waals surface area contributed by atoms with E-state index in [9.17, 15) is 4.79 Å². The minimum Gasteiger partial charge on any atom is -0.356 e. The maximum atomic E-state index is 12.9. The molecule has 5 rings (SSSR count). The van der Waals surface area contributed by atoms with Gasteiger partial charge in [0, 0.05) is 43.0 Å². The lowest BCUT2D eigenvalue weighted by atomic mass is 10.0. The number of thiazole rings is 1. The summed E-state index contributed by atoms with van der Waals surface area (Å²) in [5.41, 5.74) is 2.71. The van der Waals surface area contributed by atoms with Crippen LogP contribution in [0.4, 0.5) is 5.82 Å². The minimum atomic E-state index is -0.0227. The molecule has 3 aromatic heterocycles. The molecule has 0 radical (unpaired) electrons. The van der Waals surface area contributed by atoms with Crippen LogP contribution in [0.1, 0.15) is 40.4 Å². The lowest BCUT2D eigenvalue weighted by molar-refractivity contribution is 0.0726. The molecule has 3 aromatic rings. The molecule has 134 valence electrons. The molecule has 0 saturated carbocycles. The highest BCUT2D eigenvalue weighted by atomic mass is 32.1. The number of aryl methyl sites for hydroxylation is 1. The number of carbonyl (C=O) groups excluding carboxylic acids is 1. The fourth-order valence-electron chi connectivity index (χ4n) is 3.89. The summed E-state index contributed by atoms with van der Waals surface area (Å²) in [5.74, 6) is 1.84. The summed E-state index contributed by atoms with van der Waals surface area (Å²) in [6, 6.07) is 0. The highest BCUT2D eigenvalue weighted by Crippen LogP contribution is 2.29. The molecule has 0 bridgehead atoms. The highest BCUT2D eigenvalue weighted by molar-refractivity contribution is 7.15. The molecule has 7 nitrogen and oxygen atoms in total. The normalized spacial score (nSPS) is 17.1. The predicted octanol–water partition coefficient (Wildman–Crippen LogP) is 2.29. The second-order valence-electron chi connectivity index (χ2n) is 6.91. The van der Waals surface area contributed by atoms with Crippen LogP contribution < -0.4 is 4.90 Å². The molecule has 1 saturated heterocycles. The Hall–Kier alpha value is -2.48. The van der Waals surface area contributed by atoms with Gasteiger partial charge in [0.15, 0.2) is 4.96 Å². The fourth-order valence-corrected chi connectivity index (χ4v) is 4.59. The summed E-state index contributed by atoms with van der Waals surface area (Å²) in [6.45, 7) is 5.28. The molecule has 1 amide bonds. The van der Waals surface area contributed by atoms with Crippen molar-refractivity contribution in [2.24, 2.45) is 0 Å². The van der Waals surface area contributed by atoms with Crippen LogP contribution in [-0.2, 0) is 13.0 Å². The molecular weight excluding hydrogens is 348 g/mol. The maximum absolute atomic E-state index is 12.9. The molecular formula is C18H20N6OS. The monoisotopic (exact) mass is 368 g/mol. The van der Waals surface area contributed by atoms with Crippen LogP contribution in [0, 0.1) is 6.92 Å². The van der Waals surface area contributed by atoms with E-state index in [0.717, 1.165) is 41.8 Å². The average molecular weight is 368 g/mol. The molecule has 0 atom stereocenters. The third kappa shape index (κ3) is 2.56. The number of nitrogens with zero attached hydrogens (tertiary/aromatic N) is 6. The molecule has 5 heterocycles. The van der Waals surface area contributed by atoms with Crippen molar-refractivity contribution in [3.63, 3.8) is 0 Å². The number of aromatic nitrogens is 4. The molecule has 2 aliphatic rings. The standard InChI is InChI=1S/C18H20N6OS/c1-12-19-14-10-23(17(25)15-11-24-8-9-26-18(24)21-15)7-4-13(14)16(20-12)22-5-2-3-6-22/h8-9,11H,2-7,10H2,1H3. The van der Waals surface area contributed by atoms with Crippen molar-refractivity contribution in [3.8, 4) is 0 Å². The van der Waals surface area contributed by atoms with Gasteiger partial charge in [0.1, 0.15) is 17.3 Å². The number of anilines is 1. The van der Waals surface area contributed by atoms with Gasteiger partial charge in [-0.2, -0.15) is 0 Å². The van der Waals surface area contributed by atoms with Crippen LogP contribution in [0.25, 0.3) is 4.96 Å². The van der Waals surface area contributed by atoms with Gasteiger partial charge in [0.05, 0.1) is 12.2 Å². The first-order chi connectivity index (χ1) is 12.7. The Morgan fingerprint density at radius 1 is 1.15 bits per heavy atom. The summed E-state index contributed by atoms with van der Waals surface area (Å²) in [5, 5.41) is 1.97. The van der Waals surface area contributed by atoms with Gasteiger partial charge in [-0.1, -0.05) is 0 Å². The Bertz CT molecular complexity index is 958. The Kier molecular flexibility index (Phi) is 3.66. The van der Waals surface area contributed by atoms with Gasteiger partial charge in [0.2, 0.25) is 0 Å². The third-order valence-corrected chi connectivity index (χ3v) is 5.93. The van der Waals surface area contributed by atoms with Crippen molar-refractivity contribution in [2.45, 2.75) is 32.7 Å². The summed E-state index contributed by atoms with van der Waals surface area (Å²) in [6.07, 6.45) is 6.98. The summed E-state index contributed by atoms with van der Waals surface area (Å²) < 4.78 is 1.90. The number of hydrogen-bond acceptors (Lipinski definition) is 6. The zero-order chi connectivity index (χ0) is 17.7. The van der Waals surface area contributed by atoms with E-state index in [1.165, 1.54) is 29.7 Å². The molecule has 2 aliphatic heterocycles. The van der Waals surface area contributed by atoms with E-state index in [2.05, 4.69) is 14.9 Å². The van der Waals surface area contributed by atoms with E-state index in [0.29, 0.717) is 18.8 Å². The molecule has 1 fully saturated rings. The SMILES string of the molecule is Cc1nc2c(c(N3CCCC3)n1)CCN(C(=O)c1cn3ccsc3n1)C2. The fraction of sp³-hybridized carbons (Fsp3) is 0.444. The number of carbonyl (C=O) groups is 1. The van der Waals surface area contributed by atoms with Crippen LogP contribution in [-0.4, -0.2) is 49.8 Å².